The largest absolute Gasteiger partial charge is 0.158 e. The van der Waals surface area contributed by atoms with E-state index in [9.17, 15) is 0 Å². The molecule has 0 spiro atoms. The molecule has 0 amide bonds. The number of hydrogen-bond donors (Lipinski definition) is 0. The van der Waals surface area contributed by atoms with Crippen molar-refractivity contribution in [3.8, 4) is 0 Å². The van der Waals surface area contributed by atoms with E-state index in [0.29, 0.717) is 5.25 Å². The summed E-state index contributed by atoms with van der Waals surface area (Å²) in [6.45, 7) is 12.7. The van der Waals surface area contributed by atoms with Crippen LogP contribution in [0.4, 0.5) is 0 Å². The maximum absolute atomic E-state index is 3.82. The van der Waals surface area contributed by atoms with Crippen LogP contribution < -0.4 is 0 Å². The molecule has 0 aromatic carbocycles. The SMILES string of the molecule is C=CC(C)(C)C(C)SCC. The van der Waals surface area contributed by atoms with E-state index in [0.717, 1.165) is 0 Å². The van der Waals surface area contributed by atoms with Gasteiger partial charge in [-0.25, -0.2) is 0 Å². The van der Waals surface area contributed by atoms with Gasteiger partial charge < -0.3 is 0 Å². The molecule has 0 saturated heterocycles. The molecule has 0 N–H and O–H groups in total. The van der Waals surface area contributed by atoms with E-state index in [1.165, 1.54) is 5.75 Å². The molecular weight excluding hydrogens is 140 g/mol. The first-order chi connectivity index (χ1) is 4.54. The van der Waals surface area contributed by atoms with Gasteiger partial charge in [-0.05, 0) is 11.2 Å². The molecule has 1 unspecified atom stereocenters. The fraction of sp³-hybridized carbons (Fsp3) is 0.778. The van der Waals surface area contributed by atoms with Gasteiger partial charge in [0.05, 0.1) is 0 Å². The zero-order valence-corrected chi connectivity index (χ0v) is 8.29. The lowest BCUT2D eigenvalue weighted by Gasteiger charge is -2.27. The Balaban J connectivity index is 3.90. The fourth-order valence-corrected chi connectivity index (χ4v) is 1.66. The Morgan fingerprint density at radius 2 is 2.10 bits per heavy atom. The predicted octanol–water partition coefficient (Wildman–Crippen LogP) is 3.34. The summed E-state index contributed by atoms with van der Waals surface area (Å²) in [5.41, 5.74) is 0.278. The monoisotopic (exact) mass is 158 g/mol. The Labute approximate surface area is 69.1 Å². The van der Waals surface area contributed by atoms with E-state index < -0.39 is 0 Å². The summed E-state index contributed by atoms with van der Waals surface area (Å²) in [4.78, 5) is 0. The molecule has 1 heteroatoms. The average Bonchev–Trinajstić information content (AvgIpc) is 1.89. The van der Waals surface area contributed by atoms with Gasteiger partial charge in [0.1, 0.15) is 0 Å². The van der Waals surface area contributed by atoms with Gasteiger partial charge in [-0.1, -0.05) is 33.8 Å². The smallest absolute Gasteiger partial charge is 0.0104 e. The van der Waals surface area contributed by atoms with E-state index in [1.54, 1.807) is 0 Å². The lowest BCUT2D eigenvalue weighted by molar-refractivity contribution is 0.478. The number of thioether (sulfide) groups is 1. The van der Waals surface area contributed by atoms with Crippen LogP contribution in [0.5, 0.6) is 0 Å². The van der Waals surface area contributed by atoms with Crippen LogP contribution in [0.3, 0.4) is 0 Å². The van der Waals surface area contributed by atoms with Gasteiger partial charge in [0.15, 0.2) is 0 Å². The molecule has 0 radical (unpaired) electrons. The van der Waals surface area contributed by atoms with Crippen molar-refractivity contribution in [3.05, 3.63) is 12.7 Å². The Kier molecular flexibility index (Phi) is 4.11. The lowest BCUT2D eigenvalue weighted by Crippen LogP contribution is -2.20. The third-order valence-corrected chi connectivity index (χ3v) is 3.43. The summed E-state index contributed by atoms with van der Waals surface area (Å²) in [7, 11) is 0. The highest BCUT2D eigenvalue weighted by molar-refractivity contribution is 7.99. The van der Waals surface area contributed by atoms with Gasteiger partial charge in [0.2, 0.25) is 0 Å². The predicted molar refractivity (Wildman–Crippen MR) is 51.6 cm³/mol. The van der Waals surface area contributed by atoms with E-state index >= 15 is 0 Å². The number of rotatable bonds is 4. The Hall–Kier alpha value is 0.0900. The van der Waals surface area contributed by atoms with Crippen LogP contribution in [0.1, 0.15) is 27.7 Å². The van der Waals surface area contributed by atoms with Gasteiger partial charge >= 0.3 is 0 Å². The minimum absolute atomic E-state index is 0.278. The highest BCUT2D eigenvalue weighted by atomic mass is 32.2. The van der Waals surface area contributed by atoms with Crippen LogP contribution in [0.15, 0.2) is 12.7 Å². The second-order valence-corrected chi connectivity index (χ2v) is 4.74. The highest BCUT2D eigenvalue weighted by Crippen LogP contribution is 2.30. The topological polar surface area (TPSA) is 0 Å². The molecule has 60 valence electrons. The van der Waals surface area contributed by atoms with Gasteiger partial charge in [0, 0.05) is 5.25 Å². The molecule has 0 aromatic rings. The maximum Gasteiger partial charge on any atom is 0.0104 e. The minimum Gasteiger partial charge on any atom is -0.158 e. The third kappa shape index (κ3) is 2.78. The van der Waals surface area contributed by atoms with Gasteiger partial charge in [-0.2, -0.15) is 11.8 Å². The van der Waals surface area contributed by atoms with Crippen LogP contribution in [-0.2, 0) is 0 Å². The summed E-state index contributed by atoms with van der Waals surface area (Å²) < 4.78 is 0. The van der Waals surface area contributed by atoms with Crippen LogP contribution in [0.25, 0.3) is 0 Å². The van der Waals surface area contributed by atoms with Crippen molar-refractivity contribution >= 4 is 11.8 Å². The summed E-state index contributed by atoms with van der Waals surface area (Å²) in [5.74, 6) is 1.19. The molecule has 0 rings (SSSR count). The molecule has 0 saturated carbocycles. The van der Waals surface area contributed by atoms with Crippen LogP contribution >= 0.6 is 11.8 Å². The molecule has 0 nitrogen and oxygen atoms in total. The Morgan fingerprint density at radius 3 is 2.40 bits per heavy atom. The van der Waals surface area contributed by atoms with Gasteiger partial charge in [0.25, 0.3) is 0 Å². The van der Waals surface area contributed by atoms with Crippen molar-refractivity contribution in [3.63, 3.8) is 0 Å². The molecule has 0 aromatic heterocycles. The third-order valence-electron chi connectivity index (χ3n) is 1.99. The number of allylic oxidation sites excluding steroid dienone is 1. The quantitative estimate of drug-likeness (QED) is 0.565. The average molecular weight is 158 g/mol. The second kappa shape index (κ2) is 4.07. The van der Waals surface area contributed by atoms with Crippen molar-refractivity contribution in [1.82, 2.24) is 0 Å². The molecule has 0 aliphatic rings. The molecule has 0 bridgehead atoms. The molecule has 1 atom stereocenters. The zero-order valence-electron chi connectivity index (χ0n) is 7.48. The lowest BCUT2D eigenvalue weighted by atomic mass is 9.90. The van der Waals surface area contributed by atoms with Crippen molar-refractivity contribution in [2.75, 3.05) is 5.75 Å². The number of hydrogen-bond acceptors (Lipinski definition) is 1. The molecular formula is C9H18S. The van der Waals surface area contributed by atoms with Crippen molar-refractivity contribution in [2.24, 2.45) is 5.41 Å². The zero-order chi connectivity index (χ0) is 8.20. The van der Waals surface area contributed by atoms with Crippen LogP contribution in [0.2, 0.25) is 0 Å². The first-order valence-corrected chi connectivity index (χ1v) is 4.84. The Morgan fingerprint density at radius 1 is 1.60 bits per heavy atom. The summed E-state index contributed by atoms with van der Waals surface area (Å²) in [6, 6.07) is 0. The molecule has 0 aliphatic carbocycles. The molecule has 0 fully saturated rings. The van der Waals surface area contributed by atoms with Crippen molar-refractivity contribution in [2.45, 2.75) is 32.9 Å². The van der Waals surface area contributed by atoms with Crippen LogP contribution in [-0.4, -0.2) is 11.0 Å². The molecule has 0 heterocycles. The van der Waals surface area contributed by atoms with E-state index in [-0.39, 0.29) is 5.41 Å². The summed E-state index contributed by atoms with van der Waals surface area (Å²) in [6.07, 6.45) is 2.04. The standard InChI is InChI=1S/C9H18S/c1-6-9(4,5)8(3)10-7-2/h6,8H,1,7H2,2-5H3. The second-order valence-electron chi connectivity index (χ2n) is 3.12. The van der Waals surface area contributed by atoms with Crippen molar-refractivity contribution < 1.29 is 0 Å². The first-order valence-electron chi connectivity index (χ1n) is 3.79. The van der Waals surface area contributed by atoms with Gasteiger partial charge in [-0.3, -0.25) is 0 Å². The molecule has 10 heavy (non-hydrogen) atoms. The molecule has 0 aliphatic heterocycles. The van der Waals surface area contributed by atoms with Crippen LogP contribution in [0, 0.1) is 5.41 Å². The van der Waals surface area contributed by atoms with Gasteiger partial charge in [-0.15, -0.1) is 6.58 Å². The summed E-state index contributed by atoms with van der Waals surface area (Å²) in [5, 5.41) is 0.676. The maximum atomic E-state index is 3.82. The Bertz CT molecular complexity index is 105. The minimum atomic E-state index is 0.278. The highest BCUT2D eigenvalue weighted by Gasteiger charge is 2.21. The summed E-state index contributed by atoms with van der Waals surface area (Å²) >= 11 is 1.99. The van der Waals surface area contributed by atoms with E-state index in [4.69, 9.17) is 0 Å². The first kappa shape index (κ1) is 10.1. The van der Waals surface area contributed by atoms with E-state index in [2.05, 4.69) is 34.3 Å². The van der Waals surface area contributed by atoms with Crippen molar-refractivity contribution in [1.29, 1.82) is 0 Å². The normalized spacial score (nSPS) is 14.8. The fourth-order valence-electron chi connectivity index (χ4n) is 0.631. The van der Waals surface area contributed by atoms with E-state index in [1.807, 2.05) is 17.8 Å².